The molecule has 2 aromatic heterocycles. The Bertz CT molecular complexity index is 1020. The van der Waals surface area contributed by atoms with Crippen LogP contribution in [0.25, 0.3) is 10.9 Å². The lowest BCUT2D eigenvalue weighted by atomic mass is 9.60. The molecule has 1 saturated carbocycles. The second-order valence-electron chi connectivity index (χ2n) is 8.86. The second kappa shape index (κ2) is 7.26. The Morgan fingerprint density at radius 3 is 2.76 bits per heavy atom. The van der Waals surface area contributed by atoms with Gasteiger partial charge in [-0.1, -0.05) is 11.6 Å². The van der Waals surface area contributed by atoms with Crippen LogP contribution < -0.4 is 4.90 Å². The lowest BCUT2D eigenvalue weighted by Gasteiger charge is -2.61. The molecule has 152 valence electrons. The molecule has 0 unspecified atom stereocenters. The van der Waals surface area contributed by atoms with Crippen LogP contribution >= 0.6 is 11.6 Å². The molecule has 29 heavy (non-hydrogen) atoms. The number of nitrogens with zero attached hydrogens (tertiary/aromatic N) is 6. The Morgan fingerprint density at radius 2 is 1.97 bits per heavy atom. The Hall–Kier alpha value is -2.18. The van der Waals surface area contributed by atoms with Crippen LogP contribution in [0, 0.1) is 5.41 Å². The van der Waals surface area contributed by atoms with Crippen molar-refractivity contribution in [3.63, 3.8) is 0 Å². The van der Waals surface area contributed by atoms with Gasteiger partial charge in [-0.3, -0.25) is 4.68 Å². The van der Waals surface area contributed by atoms with Crippen molar-refractivity contribution in [2.45, 2.75) is 31.7 Å². The summed E-state index contributed by atoms with van der Waals surface area (Å²) >= 11 is 6.17. The normalized spacial score (nSPS) is 18.7. The smallest absolute Gasteiger partial charge is 0.0699 e. The number of likely N-dealkylation sites (tertiary alicyclic amines) is 1. The number of hydrogen-bond acceptors (Lipinski definition) is 5. The molecule has 3 heterocycles. The first-order valence-electron chi connectivity index (χ1n) is 10.4. The Labute approximate surface area is 176 Å². The minimum absolute atomic E-state index is 0.547. The van der Waals surface area contributed by atoms with Gasteiger partial charge in [0.1, 0.15) is 0 Å². The predicted molar refractivity (Wildman–Crippen MR) is 116 cm³/mol. The lowest BCUT2D eigenvalue weighted by Crippen LogP contribution is -2.66. The van der Waals surface area contributed by atoms with Crippen LogP contribution in [-0.2, 0) is 13.5 Å². The summed E-state index contributed by atoms with van der Waals surface area (Å²) in [7, 11) is 4.24. The standard InChI is InChI=1S/C22H27ClN6/c1-27(18-6-5-17-12-26-28(2)21(17)8-18)19-9-22(10-19)14-29(15-22)7-3-4-16-11-24-25-13-20(16)23/h5-6,8,11-13,19H,3-4,7,9-10,14-15H2,1-2H3. The SMILES string of the molecule is CN(c1ccc2cnn(C)c2c1)C1CC2(C1)CN(CCCc1cnncc1Cl)C2. The summed E-state index contributed by atoms with van der Waals surface area (Å²) in [6.07, 6.45) is 10.0. The van der Waals surface area contributed by atoms with E-state index in [0.29, 0.717) is 11.5 Å². The quantitative estimate of drug-likeness (QED) is 0.622. The fourth-order valence-electron chi connectivity index (χ4n) is 5.10. The van der Waals surface area contributed by atoms with E-state index in [4.69, 9.17) is 11.6 Å². The molecule has 1 spiro atoms. The summed E-state index contributed by atoms with van der Waals surface area (Å²) < 4.78 is 1.95. The number of benzene rings is 1. The zero-order valence-electron chi connectivity index (χ0n) is 17.1. The highest BCUT2D eigenvalue weighted by atomic mass is 35.5. The number of fused-ring (bicyclic) bond motifs is 1. The van der Waals surface area contributed by atoms with Gasteiger partial charge in [-0.2, -0.15) is 15.3 Å². The first-order valence-corrected chi connectivity index (χ1v) is 10.7. The van der Waals surface area contributed by atoms with Gasteiger partial charge in [0, 0.05) is 44.3 Å². The minimum Gasteiger partial charge on any atom is -0.372 e. The van der Waals surface area contributed by atoms with Crippen molar-refractivity contribution in [3.05, 3.63) is 47.4 Å². The van der Waals surface area contributed by atoms with Crippen LogP contribution in [0.3, 0.4) is 0 Å². The summed E-state index contributed by atoms with van der Waals surface area (Å²) in [4.78, 5) is 5.04. The van der Waals surface area contributed by atoms with Gasteiger partial charge >= 0.3 is 0 Å². The van der Waals surface area contributed by atoms with Crippen LogP contribution in [-0.4, -0.2) is 57.6 Å². The van der Waals surface area contributed by atoms with E-state index in [9.17, 15) is 0 Å². The number of hydrogen-bond donors (Lipinski definition) is 0. The minimum atomic E-state index is 0.547. The first kappa shape index (κ1) is 18.8. The molecule has 1 aromatic carbocycles. The van der Waals surface area contributed by atoms with E-state index in [2.05, 4.69) is 50.3 Å². The third kappa shape index (κ3) is 3.49. The number of aryl methyl sites for hydroxylation is 2. The average Bonchev–Trinajstić information content (AvgIpc) is 3.03. The summed E-state index contributed by atoms with van der Waals surface area (Å²) in [6.45, 7) is 3.61. The highest BCUT2D eigenvalue weighted by molar-refractivity contribution is 6.31. The molecule has 2 fully saturated rings. The monoisotopic (exact) mass is 410 g/mol. The molecule has 0 amide bonds. The van der Waals surface area contributed by atoms with E-state index in [1.807, 2.05) is 17.9 Å². The summed E-state index contributed by atoms with van der Waals surface area (Å²) in [5, 5.41) is 14.0. The topological polar surface area (TPSA) is 50.1 Å². The van der Waals surface area contributed by atoms with E-state index in [0.717, 1.165) is 30.0 Å². The van der Waals surface area contributed by atoms with Crippen molar-refractivity contribution in [2.75, 3.05) is 31.6 Å². The van der Waals surface area contributed by atoms with Crippen LogP contribution in [0.1, 0.15) is 24.8 Å². The number of anilines is 1. The third-order valence-electron chi connectivity index (χ3n) is 6.82. The molecule has 7 heteroatoms. The highest BCUT2D eigenvalue weighted by Crippen LogP contribution is 2.50. The lowest BCUT2D eigenvalue weighted by molar-refractivity contribution is -0.0715. The molecule has 1 aliphatic carbocycles. The predicted octanol–water partition coefficient (Wildman–Crippen LogP) is 3.55. The summed E-state index contributed by atoms with van der Waals surface area (Å²) in [6, 6.07) is 7.31. The molecule has 0 atom stereocenters. The molecule has 1 aliphatic heterocycles. The van der Waals surface area contributed by atoms with Crippen molar-refractivity contribution in [2.24, 2.45) is 12.5 Å². The van der Waals surface area contributed by atoms with Gasteiger partial charge in [-0.25, -0.2) is 0 Å². The summed E-state index contributed by atoms with van der Waals surface area (Å²) in [5.41, 5.74) is 4.14. The molecule has 5 rings (SSSR count). The van der Waals surface area contributed by atoms with Gasteiger partial charge in [-0.05, 0) is 61.4 Å². The average molecular weight is 411 g/mol. The van der Waals surface area contributed by atoms with Gasteiger partial charge in [0.2, 0.25) is 0 Å². The molecule has 1 saturated heterocycles. The number of aromatic nitrogens is 4. The zero-order valence-corrected chi connectivity index (χ0v) is 17.8. The Kier molecular flexibility index (Phi) is 4.71. The van der Waals surface area contributed by atoms with E-state index >= 15 is 0 Å². The van der Waals surface area contributed by atoms with Gasteiger partial charge in [0.15, 0.2) is 0 Å². The largest absolute Gasteiger partial charge is 0.372 e. The summed E-state index contributed by atoms with van der Waals surface area (Å²) in [5.74, 6) is 0. The van der Waals surface area contributed by atoms with Crippen molar-refractivity contribution in [1.29, 1.82) is 0 Å². The second-order valence-corrected chi connectivity index (χ2v) is 9.27. The van der Waals surface area contributed by atoms with E-state index in [-0.39, 0.29) is 0 Å². The molecular formula is C22H27ClN6. The van der Waals surface area contributed by atoms with Crippen molar-refractivity contribution in [3.8, 4) is 0 Å². The maximum Gasteiger partial charge on any atom is 0.0699 e. The van der Waals surface area contributed by atoms with E-state index < -0.39 is 0 Å². The molecule has 6 nitrogen and oxygen atoms in total. The van der Waals surface area contributed by atoms with Crippen molar-refractivity contribution >= 4 is 28.2 Å². The van der Waals surface area contributed by atoms with E-state index in [1.54, 1.807) is 12.4 Å². The van der Waals surface area contributed by atoms with Crippen LogP contribution in [0.2, 0.25) is 5.02 Å². The molecule has 0 radical (unpaired) electrons. The highest BCUT2D eigenvalue weighted by Gasteiger charge is 2.52. The van der Waals surface area contributed by atoms with Gasteiger partial charge in [0.05, 0.1) is 29.1 Å². The molecule has 0 bridgehead atoms. The number of halogens is 1. The van der Waals surface area contributed by atoms with Crippen LogP contribution in [0.15, 0.2) is 36.8 Å². The number of rotatable bonds is 6. The fraction of sp³-hybridized carbons (Fsp3) is 0.500. The molecule has 3 aromatic rings. The Morgan fingerprint density at radius 1 is 1.17 bits per heavy atom. The van der Waals surface area contributed by atoms with E-state index in [1.165, 1.54) is 42.5 Å². The van der Waals surface area contributed by atoms with Gasteiger partial charge < -0.3 is 9.80 Å². The fourth-order valence-corrected chi connectivity index (χ4v) is 5.29. The maximum atomic E-state index is 6.17. The van der Waals surface area contributed by atoms with Gasteiger partial charge in [-0.15, -0.1) is 0 Å². The van der Waals surface area contributed by atoms with Crippen molar-refractivity contribution in [1.82, 2.24) is 24.9 Å². The van der Waals surface area contributed by atoms with Gasteiger partial charge in [0.25, 0.3) is 0 Å². The van der Waals surface area contributed by atoms with Crippen LogP contribution in [0.4, 0.5) is 5.69 Å². The Balaban J connectivity index is 1.10. The van der Waals surface area contributed by atoms with Crippen molar-refractivity contribution < 1.29 is 0 Å². The maximum absolute atomic E-state index is 6.17. The molecule has 2 aliphatic rings. The van der Waals surface area contributed by atoms with Crippen LogP contribution in [0.5, 0.6) is 0 Å². The zero-order chi connectivity index (χ0) is 20.0. The third-order valence-corrected chi connectivity index (χ3v) is 7.16. The molecular weight excluding hydrogens is 384 g/mol. The first-order chi connectivity index (χ1) is 14.0. The molecule has 0 N–H and O–H groups in total.